The zero-order chi connectivity index (χ0) is 36.5. The van der Waals surface area contributed by atoms with E-state index in [1.165, 1.54) is 11.3 Å². The second kappa shape index (κ2) is 14.7. The van der Waals surface area contributed by atoms with Crippen molar-refractivity contribution in [3.8, 4) is 0 Å². The van der Waals surface area contributed by atoms with E-state index in [1.54, 1.807) is 6.07 Å². The van der Waals surface area contributed by atoms with Crippen LogP contribution in [0, 0.1) is 0 Å². The topological polar surface area (TPSA) is 88.4 Å². The van der Waals surface area contributed by atoms with Gasteiger partial charge in [0.2, 0.25) is 5.79 Å². The van der Waals surface area contributed by atoms with Crippen molar-refractivity contribution < 1.29 is 28.9 Å². The molecule has 2 heterocycles. The molecule has 5 atom stereocenters. The van der Waals surface area contributed by atoms with Gasteiger partial charge in [-0.2, -0.15) is 0 Å². The summed E-state index contributed by atoms with van der Waals surface area (Å²) in [6, 6.07) is 44.3. The smallest absolute Gasteiger partial charge is 0.261 e. The fraction of sp³-hybridized carbons (Fsp3) is 0.333. The molecule has 1 aliphatic heterocycles. The Morgan fingerprint density at radius 3 is 1.35 bits per heavy atom. The predicted molar refractivity (Wildman–Crippen MR) is 211 cm³/mol. The van der Waals surface area contributed by atoms with Crippen LogP contribution >= 0.6 is 11.3 Å². The molecular formula is C42H50O6SSi2. The summed E-state index contributed by atoms with van der Waals surface area (Å²) < 4.78 is 21.8. The summed E-state index contributed by atoms with van der Waals surface area (Å²) in [5, 5.41) is 41.9. The summed E-state index contributed by atoms with van der Waals surface area (Å²) >= 11 is 1.32. The van der Waals surface area contributed by atoms with Crippen molar-refractivity contribution in [1.29, 1.82) is 0 Å². The molecule has 0 unspecified atom stereocenters. The van der Waals surface area contributed by atoms with Crippen LogP contribution < -0.4 is 20.7 Å². The molecule has 0 spiro atoms. The van der Waals surface area contributed by atoms with E-state index in [4.69, 9.17) is 13.6 Å². The van der Waals surface area contributed by atoms with Gasteiger partial charge in [0.25, 0.3) is 16.6 Å². The first-order chi connectivity index (χ1) is 24.3. The minimum absolute atomic E-state index is 0.425. The van der Waals surface area contributed by atoms with Crippen molar-refractivity contribution in [2.24, 2.45) is 0 Å². The largest absolute Gasteiger partial charge is 0.399 e. The van der Waals surface area contributed by atoms with Crippen LogP contribution in [0.4, 0.5) is 0 Å². The third-order valence-electron chi connectivity index (χ3n) is 10.2. The van der Waals surface area contributed by atoms with Crippen molar-refractivity contribution >= 4 is 48.7 Å². The Labute approximate surface area is 308 Å². The number of ether oxygens (including phenoxy) is 1. The summed E-state index contributed by atoms with van der Waals surface area (Å²) in [5.74, 6) is -2.10. The molecule has 0 bridgehead atoms. The number of benzene rings is 4. The maximum absolute atomic E-state index is 13.0. The van der Waals surface area contributed by atoms with Crippen LogP contribution in [0.2, 0.25) is 10.1 Å². The Hall–Kier alpha value is -3.23. The zero-order valence-electron chi connectivity index (χ0n) is 30.3. The summed E-state index contributed by atoms with van der Waals surface area (Å²) in [5.41, 5.74) is 0. The molecule has 6 nitrogen and oxygen atoms in total. The van der Waals surface area contributed by atoms with Gasteiger partial charge in [-0.25, -0.2) is 0 Å². The van der Waals surface area contributed by atoms with E-state index < -0.39 is 63.5 Å². The number of thiophene rings is 1. The molecule has 1 saturated heterocycles. The van der Waals surface area contributed by atoms with Gasteiger partial charge in [-0.15, -0.1) is 11.3 Å². The first-order valence-corrected chi connectivity index (χ1v) is 22.3. The first kappa shape index (κ1) is 37.5. The monoisotopic (exact) mass is 738 g/mol. The highest BCUT2D eigenvalue weighted by Crippen LogP contribution is 2.47. The van der Waals surface area contributed by atoms with Crippen LogP contribution in [0.5, 0.6) is 0 Å². The molecular weight excluding hydrogens is 689 g/mol. The lowest BCUT2D eigenvalue weighted by atomic mass is 9.92. The molecule has 0 saturated carbocycles. The highest BCUT2D eigenvalue weighted by molar-refractivity contribution is 7.10. The predicted octanol–water partition coefficient (Wildman–Crippen LogP) is 5.54. The number of hydrogen-bond donors (Lipinski definition) is 3. The molecule has 0 aliphatic carbocycles. The lowest BCUT2D eigenvalue weighted by molar-refractivity contribution is -0.350. The molecule has 1 fully saturated rings. The normalized spacial score (nSPS) is 23.2. The standard InChI is InChI=1S/C42H50O6SSi2/c1-40(2,3)50(31-20-11-7-12-21-31,32-22-13-8-14-23-32)47-38-35(30-43)46-42(45,36-28-19-29-49-36)39(37(38)44)48-51(41(4,5)6,33-24-15-9-16-25-33)34-26-17-10-18-27-34/h7-29,35,37-39,43-45H,30H2,1-6H3/t35-,37+,38-,39-,42-/m1/s1. The number of aliphatic hydroxyl groups excluding tert-OH is 2. The van der Waals surface area contributed by atoms with Crippen LogP contribution in [0.25, 0.3) is 0 Å². The average molecular weight is 739 g/mol. The Kier molecular flexibility index (Phi) is 10.8. The van der Waals surface area contributed by atoms with Crippen LogP contribution in [0.3, 0.4) is 0 Å². The minimum Gasteiger partial charge on any atom is -0.399 e. The van der Waals surface area contributed by atoms with E-state index in [9.17, 15) is 15.3 Å². The SMILES string of the molecule is CC(C)(C)[Si](O[C@H]1[C@H](O)[C@@H](O[Si](c2ccccc2)(c2ccccc2)C(C)(C)C)[C@@](O)(c2cccs2)O[C@@H]1CO)(c1ccccc1)c1ccccc1. The number of aliphatic hydroxyl groups is 3. The van der Waals surface area contributed by atoms with Crippen LogP contribution in [0.15, 0.2) is 139 Å². The first-order valence-electron chi connectivity index (χ1n) is 17.6. The summed E-state index contributed by atoms with van der Waals surface area (Å²) in [6.07, 6.45) is -4.85. The van der Waals surface area contributed by atoms with Gasteiger partial charge in [-0.1, -0.05) is 169 Å². The Morgan fingerprint density at radius 1 is 0.627 bits per heavy atom. The van der Waals surface area contributed by atoms with Gasteiger partial charge in [-0.3, -0.25) is 0 Å². The van der Waals surface area contributed by atoms with Gasteiger partial charge >= 0.3 is 0 Å². The van der Waals surface area contributed by atoms with Gasteiger partial charge in [0, 0.05) is 0 Å². The lowest BCUT2D eigenvalue weighted by Gasteiger charge is -2.55. The third-order valence-corrected chi connectivity index (χ3v) is 21.3. The van der Waals surface area contributed by atoms with Crippen molar-refractivity contribution in [1.82, 2.24) is 0 Å². The highest BCUT2D eigenvalue weighted by Gasteiger charge is 2.63. The molecule has 1 aliphatic rings. The number of rotatable bonds is 10. The maximum atomic E-state index is 13.0. The molecule has 0 radical (unpaired) electrons. The fourth-order valence-electron chi connectivity index (χ4n) is 7.88. The van der Waals surface area contributed by atoms with E-state index in [1.807, 2.05) is 84.2 Å². The van der Waals surface area contributed by atoms with E-state index >= 15 is 0 Å². The van der Waals surface area contributed by atoms with E-state index in [0.29, 0.717) is 4.88 Å². The Balaban J connectivity index is 1.58. The second-order valence-electron chi connectivity index (χ2n) is 15.5. The van der Waals surface area contributed by atoms with E-state index in [0.717, 1.165) is 20.7 Å². The lowest BCUT2D eigenvalue weighted by Crippen LogP contribution is -2.76. The number of hydrogen-bond acceptors (Lipinski definition) is 7. The van der Waals surface area contributed by atoms with Crippen LogP contribution in [0.1, 0.15) is 46.4 Å². The van der Waals surface area contributed by atoms with Crippen molar-refractivity contribution in [2.45, 2.75) is 81.8 Å². The van der Waals surface area contributed by atoms with E-state index in [2.05, 4.69) is 90.1 Å². The summed E-state index contributed by atoms with van der Waals surface area (Å²) in [7, 11) is -6.64. The van der Waals surface area contributed by atoms with Gasteiger partial charge in [0.05, 0.1) is 11.5 Å². The highest BCUT2D eigenvalue weighted by atomic mass is 32.1. The van der Waals surface area contributed by atoms with Crippen LogP contribution in [-0.2, 0) is 19.4 Å². The van der Waals surface area contributed by atoms with Crippen molar-refractivity contribution in [3.63, 3.8) is 0 Å². The van der Waals surface area contributed by atoms with Crippen molar-refractivity contribution in [3.05, 3.63) is 144 Å². The zero-order valence-corrected chi connectivity index (χ0v) is 33.1. The second-order valence-corrected chi connectivity index (χ2v) is 24.9. The molecule has 0 amide bonds. The van der Waals surface area contributed by atoms with Gasteiger partial charge in [-0.05, 0) is 42.3 Å². The van der Waals surface area contributed by atoms with Crippen molar-refractivity contribution in [2.75, 3.05) is 6.61 Å². The molecule has 6 rings (SSSR count). The van der Waals surface area contributed by atoms with Gasteiger partial charge in [0.15, 0.2) is 0 Å². The molecule has 268 valence electrons. The molecule has 9 heteroatoms. The molecule has 51 heavy (non-hydrogen) atoms. The maximum Gasteiger partial charge on any atom is 0.261 e. The summed E-state index contributed by atoms with van der Waals surface area (Å²) in [4.78, 5) is 0.479. The van der Waals surface area contributed by atoms with E-state index in [-0.39, 0.29) is 0 Å². The average Bonchev–Trinajstić information content (AvgIpc) is 3.68. The molecule has 4 aromatic carbocycles. The van der Waals surface area contributed by atoms with Gasteiger partial charge in [0.1, 0.15) is 24.4 Å². The van der Waals surface area contributed by atoms with Crippen LogP contribution in [-0.4, -0.2) is 63.0 Å². The Bertz CT molecular complexity index is 1750. The molecule has 3 N–H and O–H groups in total. The van der Waals surface area contributed by atoms with Gasteiger partial charge < -0.3 is 28.9 Å². The Morgan fingerprint density at radius 2 is 1.02 bits per heavy atom. The third kappa shape index (κ3) is 6.65. The quantitative estimate of drug-likeness (QED) is 0.163. The molecule has 1 aromatic heterocycles. The summed E-state index contributed by atoms with van der Waals surface area (Å²) in [6.45, 7) is 12.5. The molecule has 5 aromatic rings. The fourth-order valence-corrected chi connectivity index (χ4v) is 18.1. The minimum atomic E-state index is -3.37.